The van der Waals surface area contributed by atoms with E-state index in [4.69, 9.17) is 17.0 Å². The van der Waals surface area contributed by atoms with Gasteiger partial charge >= 0.3 is 0 Å². The van der Waals surface area contributed by atoms with Crippen molar-refractivity contribution in [3.63, 3.8) is 0 Å². The molecule has 0 saturated carbocycles. The minimum atomic E-state index is 0.606. The largest absolute Gasteiger partial charge is 0.480 e. The van der Waals surface area contributed by atoms with Gasteiger partial charge in [-0.2, -0.15) is 9.47 Å². The minimum absolute atomic E-state index is 0.606. The number of methoxy groups -OCH3 is 1. The predicted molar refractivity (Wildman–Crippen MR) is 57.1 cm³/mol. The van der Waals surface area contributed by atoms with Crippen molar-refractivity contribution in [2.24, 2.45) is 0 Å². The van der Waals surface area contributed by atoms with E-state index < -0.39 is 0 Å². The molecule has 0 spiro atoms. The molecule has 72 valence electrons. The van der Waals surface area contributed by atoms with Gasteiger partial charge in [0.15, 0.2) is 0 Å². The summed E-state index contributed by atoms with van der Waals surface area (Å²) in [6.07, 6.45) is 0. The third-order valence-electron chi connectivity index (χ3n) is 1.63. The summed E-state index contributed by atoms with van der Waals surface area (Å²) in [5.41, 5.74) is 0.819. The fourth-order valence-electron chi connectivity index (χ4n) is 0.958. The summed E-state index contributed by atoms with van der Waals surface area (Å²) in [6, 6.07) is 5.49. The van der Waals surface area contributed by atoms with Gasteiger partial charge in [0.2, 0.25) is 5.88 Å². The molecule has 0 atom stereocenters. The van der Waals surface area contributed by atoms with Gasteiger partial charge in [0.1, 0.15) is 10.3 Å². The molecule has 6 heteroatoms. The summed E-state index contributed by atoms with van der Waals surface area (Å²) >= 11 is 6.24. The van der Waals surface area contributed by atoms with E-state index in [0.717, 1.165) is 10.6 Å². The van der Waals surface area contributed by atoms with Crippen LogP contribution in [0.25, 0.3) is 10.6 Å². The molecule has 4 nitrogen and oxygen atoms in total. The van der Waals surface area contributed by atoms with Crippen LogP contribution in [0.4, 0.5) is 0 Å². The highest BCUT2D eigenvalue weighted by molar-refractivity contribution is 7.71. The second kappa shape index (κ2) is 3.85. The van der Waals surface area contributed by atoms with E-state index in [1.54, 1.807) is 13.2 Å². The van der Waals surface area contributed by atoms with Crippen LogP contribution in [0.1, 0.15) is 0 Å². The highest BCUT2D eigenvalue weighted by Crippen LogP contribution is 2.25. The molecular weight excluding hydrogens is 218 g/mol. The molecule has 0 bridgehead atoms. The first-order valence-corrected chi connectivity index (χ1v) is 5.04. The van der Waals surface area contributed by atoms with Crippen molar-refractivity contribution in [2.75, 3.05) is 7.11 Å². The third kappa shape index (κ3) is 1.80. The molecule has 1 N–H and O–H groups in total. The Labute approximate surface area is 89.7 Å². The third-order valence-corrected chi connectivity index (χ3v) is 2.65. The number of rotatable bonds is 2. The Balaban J connectivity index is 2.39. The van der Waals surface area contributed by atoms with E-state index in [1.807, 2.05) is 12.1 Å². The van der Waals surface area contributed by atoms with Gasteiger partial charge < -0.3 is 4.74 Å². The zero-order chi connectivity index (χ0) is 9.97. The number of hydrogen-bond acceptors (Lipinski definition) is 5. The van der Waals surface area contributed by atoms with Crippen LogP contribution >= 0.6 is 23.8 Å². The van der Waals surface area contributed by atoms with Crippen molar-refractivity contribution in [2.45, 2.75) is 0 Å². The molecule has 0 saturated heterocycles. The van der Waals surface area contributed by atoms with Crippen molar-refractivity contribution < 1.29 is 4.74 Å². The highest BCUT2D eigenvalue weighted by Gasteiger charge is 2.04. The van der Waals surface area contributed by atoms with Crippen molar-refractivity contribution in [1.82, 2.24) is 14.6 Å². The van der Waals surface area contributed by atoms with Crippen LogP contribution in [0, 0.1) is 4.64 Å². The smallest absolute Gasteiger partial charge is 0.225 e. The number of nitrogens with one attached hydrogen (secondary N) is 1. The summed E-state index contributed by atoms with van der Waals surface area (Å²) in [5, 5.41) is 6.81. The van der Waals surface area contributed by atoms with Gasteiger partial charge in [-0.05, 0) is 23.7 Å². The van der Waals surface area contributed by atoms with Gasteiger partial charge in [-0.25, -0.2) is 0 Å². The first-order valence-electron chi connectivity index (χ1n) is 3.86. The zero-order valence-corrected chi connectivity index (χ0v) is 8.98. The number of nitrogens with zero attached hydrogens (tertiary/aromatic N) is 2. The molecular formula is C8H7N3OS2. The average molecular weight is 225 g/mol. The lowest BCUT2D eigenvalue weighted by Gasteiger charge is -1.92. The molecule has 0 aromatic carbocycles. The standard InChI is InChI=1S/C8H7N3OS2/c1-12-7-4-6(14-11-7)5-2-3-8(13)10-9-5/h2-4H,1H3,(H,10,13). The summed E-state index contributed by atoms with van der Waals surface area (Å²) in [6.45, 7) is 0. The molecule has 2 aromatic heterocycles. The van der Waals surface area contributed by atoms with Gasteiger partial charge in [0.05, 0.1) is 12.0 Å². The van der Waals surface area contributed by atoms with Gasteiger partial charge in [0, 0.05) is 6.07 Å². The van der Waals surface area contributed by atoms with E-state index in [1.165, 1.54) is 11.5 Å². The number of ether oxygens (including phenoxy) is 1. The Morgan fingerprint density at radius 3 is 2.93 bits per heavy atom. The van der Waals surface area contributed by atoms with Gasteiger partial charge in [-0.3, -0.25) is 5.10 Å². The summed E-state index contributed by atoms with van der Waals surface area (Å²) < 4.78 is 9.67. The maximum Gasteiger partial charge on any atom is 0.225 e. The molecule has 0 aliphatic carbocycles. The highest BCUT2D eigenvalue weighted by atomic mass is 32.1. The monoisotopic (exact) mass is 225 g/mol. The van der Waals surface area contributed by atoms with Crippen LogP contribution in [0.2, 0.25) is 0 Å². The Morgan fingerprint density at radius 2 is 2.36 bits per heavy atom. The van der Waals surface area contributed by atoms with Crippen molar-refractivity contribution in [3.8, 4) is 16.5 Å². The number of hydrogen-bond donors (Lipinski definition) is 1. The van der Waals surface area contributed by atoms with E-state index in [2.05, 4.69) is 14.6 Å². The molecule has 2 heterocycles. The molecule has 2 rings (SSSR count). The molecule has 0 amide bonds. The lowest BCUT2D eigenvalue weighted by molar-refractivity contribution is 0.403. The molecule has 2 aromatic rings. The number of aromatic nitrogens is 3. The van der Waals surface area contributed by atoms with Crippen molar-refractivity contribution in [3.05, 3.63) is 22.8 Å². The molecule has 0 unspecified atom stereocenters. The second-order valence-corrected chi connectivity index (χ2v) is 3.78. The molecule has 0 radical (unpaired) electrons. The van der Waals surface area contributed by atoms with Crippen LogP contribution in [0.15, 0.2) is 18.2 Å². The summed E-state index contributed by atoms with van der Waals surface area (Å²) in [7, 11) is 1.59. The normalized spacial score (nSPS) is 10.1. The lowest BCUT2D eigenvalue weighted by Crippen LogP contribution is -1.84. The Hall–Kier alpha value is -1.27. The quantitative estimate of drug-likeness (QED) is 0.797. The Kier molecular flexibility index (Phi) is 2.55. The predicted octanol–water partition coefficient (Wildman–Crippen LogP) is 2.27. The first kappa shape index (κ1) is 9.29. The minimum Gasteiger partial charge on any atom is -0.480 e. The molecule has 0 fully saturated rings. The number of H-pyrrole nitrogens is 1. The van der Waals surface area contributed by atoms with E-state index in [-0.39, 0.29) is 0 Å². The zero-order valence-electron chi connectivity index (χ0n) is 7.35. The maximum atomic E-state index is 4.98. The van der Waals surface area contributed by atoms with Gasteiger partial charge in [-0.15, -0.1) is 0 Å². The SMILES string of the molecule is COc1cc(-c2ccc(=S)[nH]n2)sn1. The summed E-state index contributed by atoms with van der Waals surface area (Å²) in [4.78, 5) is 0.952. The molecule has 0 aliphatic heterocycles. The van der Waals surface area contributed by atoms with E-state index >= 15 is 0 Å². The second-order valence-electron chi connectivity index (χ2n) is 2.54. The number of aromatic amines is 1. The van der Waals surface area contributed by atoms with Crippen molar-refractivity contribution in [1.29, 1.82) is 0 Å². The van der Waals surface area contributed by atoms with E-state index in [0.29, 0.717) is 10.5 Å². The summed E-state index contributed by atoms with van der Waals surface area (Å²) in [5.74, 6) is 0.606. The van der Waals surface area contributed by atoms with Gasteiger partial charge in [0.25, 0.3) is 0 Å². The average Bonchev–Trinajstić information content (AvgIpc) is 2.67. The van der Waals surface area contributed by atoms with Gasteiger partial charge in [-0.1, -0.05) is 12.2 Å². The van der Waals surface area contributed by atoms with Crippen LogP contribution in [-0.2, 0) is 0 Å². The van der Waals surface area contributed by atoms with Crippen molar-refractivity contribution >= 4 is 23.8 Å². The fraction of sp³-hybridized carbons (Fsp3) is 0.125. The first-order chi connectivity index (χ1) is 6.79. The van der Waals surface area contributed by atoms with E-state index in [9.17, 15) is 0 Å². The van der Waals surface area contributed by atoms with Crippen LogP contribution < -0.4 is 4.74 Å². The van der Waals surface area contributed by atoms with Crippen LogP contribution in [0.3, 0.4) is 0 Å². The molecule has 14 heavy (non-hydrogen) atoms. The lowest BCUT2D eigenvalue weighted by atomic mass is 10.3. The molecule has 0 aliphatic rings. The Morgan fingerprint density at radius 1 is 1.50 bits per heavy atom. The fourth-order valence-corrected chi connectivity index (χ4v) is 1.75. The Bertz CT molecular complexity index is 471. The van der Waals surface area contributed by atoms with Crippen LogP contribution in [0.5, 0.6) is 5.88 Å². The maximum absolute atomic E-state index is 4.98. The topological polar surface area (TPSA) is 50.8 Å². The van der Waals surface area contributed by atoms with Crippen LogP contribution in [-0.4, -0.2) is 21.7 Å².